The number of rotatable bonds is 7. The van der Waals surface area contributed by atoms with Gasteiger partial charge in [-0.1, -0.05) is 19.1 Å². The van der Waals surface area contributed by atoms with Crippen molar-refractivity contribution in [2.45, 2.75) is 39.0 Å². The molecule has 1 aromatic rings. The summed E-state index contributed by atoms with van der Waals surface area (Å²) in [6, 6.07) is 7.12. The first-order chi connectivity index (χ1) is 9.19. The number of anilines is 1. The van der Waals surface area contributed by atoms with Gasteiger partial charge in [-0.05, 0) is 38.0 Å². The highest BCUT2D eigenvalue weighted by Gasteiger charge is 2.30. The molecule has 0 saturated carbocycles. The molecule has 0 atom stereocenters. The summed E-state index contributed by atoms with van der Waals surface area (Å²) >= 11 is 0. The molecule has 0 aliphatic rings. The minimum absolute atomic E-state index is 0.0553. The Hall–Kier alpha value is -1.36. The van der Waals surface area contributed by atoms with Gasteiger partial charge in [0, 0.05) is 23.3 Å². The third kappa shape index (κ3) is 4.34. The maximum Gasteiger partial charge on any atom is 0.150 e. The number of hydrogen-bond donors (Lipinski definition) is 1. The van der Waals surface area contributed by atoms with Crippen LogP contribution in [-0.4, -0.2) is 25.7 Å². The highest BCUT2D eigenvalue weighted by atomic mass is 32.2. The molecule has 0 bridgehead atoms. The summed E-state index contributed by atoms with van der Waals surface area (Å²) in [7, 11) is -3.12. The molecule has 0 heterocycles. The fourth-order valence-electron chi connectivity index (χ4n) is 2.03. The first-order valence-electron chi connectivity index (χ1n) is 6.79. The molecule has 5 heteroatoms. The zero-order valence-electron chi connectivity index (χ0n) is 12.3. The Bertz CT molecular complexity index is 559. The Morgan fingerprint density at radius 2 is 1.70 bits per heavy atom. The van der Waals surface area contributed by atoms with Crippen LogP contribution in [0, 0.1) is 0 Å². The maximum absolute atomic E-state index is 12.3. The molecule has 112 valence electrons. The fourth-order valence-corrected chi connectivity index (χ4v) is 3.36. The van der Waals surface area contributed by atoms with Gasteiger partial charge >= 0.3 is 0 Å². The summed E-state index contributed by atoms with van der Waals surface area (Å²) < 4.78 is 23.3. The van der Waals surface area contributed by atoms with Gasteiger partial charge in [0.25, 0.3) is 0 Å². The van der Waals surface area contributed by atoms with Crippen molar-refractivity contribution in [1.29, 1.82) is 0 Å². The van der Waals surface area contributed by atoms with E-state index in [0.717, 1.165) is 5.56 Å². The van der Waals surface area contributed by atoms with Gasteiger partial charge in [0.1, 0.15) is 5.78 Å². The second-order valence-electron chi connectivity index (χ2n) is 5.57. The monoisotopic (exact) mass is 297 g/mol. The summed E-state index contributed by atoms with van der Waals surface area (Å²) in [5.74, 6) is 0.00245. The van der Waals surface area contributed by atoms with Crippen molar-refractivity contribution in [2.24, 2.45) is 0 Å². The van der Waals surface area contributed by atoms with Crippen molar-refractivity contribution in [3.05, 3.63) is 29.8 Å². The van der Waals surface area contributed by atoms with Gasteiger partial charge < -0.3 is 5.73 Å². The zero-order chi connectivity index (χ0) is 15.4. The van der Waals surface area contributed by atoms with Gasteiger partial charge in [-0.15, -0.1) is 0 Å². The number of Topliss-reactive ketones (excluding diaryl/α,β-unsaturated/α-hetero) is 1. The van der Waals surface area contributed by atoms with Gasteiger partial charge in [0.2, 0.25) is 0 Å². The van der Waals surface area contributed by atoms with Crippen LogP contribution in [0.5, 0.6) is 0 Å². The topological polar surface area (TPSA) is 77.2 Å². The first-order valence-corrected chi connectivity index (χ1v) is 8.61. The molecule has 4 nitrogen and oxygen atoms in total. The molecule has 1 aromatic carbocycles. The zero-order valence-corrected chi connectivity index (χ0v) is 13.2. The van der Waals surface area contributed by atoms with Gasteiger partial charge in [0.05, 0.1) is 5.75 Å². The predicted molar refractivity (Wildman–Crippen MR) is 82.4 cm³/mol. The first kappa shape index (κ1) is 16.7. The van der Waals surface area contributed by atoms with Crippen LogP contribution in [0.3, 0.4) is 0 Å². The Labute approximate surface area is 121 Å². The van der Waals surface area contributed by atoms with Gasteiger partial charge in [-0.25, -0.2) is 8.42 Å². The van der Waals surface area contributed by atoms with Crippen LogP contribution in [0.1, 0.15) is 39.2 Å². The quantitative estimate of drug-likeness (QED) is 0.784. The SMILES string of the molecule is CCCS(=O)(=O)CCC(=O)C(C)(C)c1ccc(N)cc1. The van der Waals surface area contributed by atoms with E-state index >= 15 is 0 Å². The molecule has 0 aromatic heterocycles. The molecule has 0 spiro atoms. The number of benzene rings is 1. The molecular formula is C15H23NO3S. The summed E-state index contributed by atoms with van der Waals surface area (Å²) in [5.41, 5.74) is 6.42. The average molecular weight is 297 g/mol. The van der Waals surface area contributed by atoms with E-state index in [1.54, 1.807) is 12.1 Å². The molecule has 2 N–H and O–H groups in total. The molecule has 0 amide bonds. The number of nitrogen functional groups attached to an aromatic ring is 1. The van der Waals surface area contributed by atoms with E-state index in [1.165, 1.54) is 0 Å². The van der Waals surface area contributed by atoms with E-state index in [1.807, 2.05) is 32.9 Å². The molecule has 0 aliphatic carbocycles. The Balaban J connectivity index is 2.78. The number of nitrogens with two attached hydrogens (primary N) is 1. The van der Waals surface area contributed by atoms with E-state index in [4.69, 9.17) is 5.73 Å². The Kier molecular flexibility index (Phi) is 5.34. The molecule has 20 heavy (non-hydrogen) atoms. The Morgan fingerprint density at radius 1 is 1.15 bits per heavy atom. The minimum atomic E-state index is -3.12. The predicted octanol–water partition coefficient (Wildman–Crippen LogP) is 2.33. The summed E-state index contributed by atoms with van der Waals surface area (Å²) in [6.45, 7) is 5.44. The summed E-state index contributed by atoms with van der Waals surface area (Å²) in [4.78, 5) is 12.3. The van der Waals surface area contributed by atoms with Crippen molar-refractivity contribution in [3.63, 3.8) is 0 Å². The van der Waals surface area contributed by atoms with E-state index in [-0.39, 0.29) is 23.7 Å². The third-order valence-corrected chi connectivity index (χ3v) is 5.34. The number of carbonyl (C=O) groups excluding carboxylic acids is 1. The fraction of sp³-hybridized carbons (Fsp3) is 0.533. The van der Waals surface area contributed by atoms with Crippen LogP contribution >= 0.6 is 0 Å². The van der Waals surface area contributed by atoms with Crippen LogP contribution < -0.4 is 5.73 Å². The second kappa shape index (κ2) is 6.39. The standard InChI is InChI=1S/C15H23NO3S/c1-4-10-20(18,19)11-9-14(17)15(2,3)12-5-7-13(16)8-6-12/h5-8H,4,9-11,16H2,1-3H3. The lowest BCUT2D eigenvalue weighted by atomic mass is 9.79. The van der Waals surface area contributed by atoms with Crippen LogP contribution in [0.25, 0.3) is 0 Å². The van der Waals surface area contributed by atoms with Crippen LogP contribution in [0.2, 0.25) is 0 Å². The van der Waals surface area contributed by atoms with Crippen LogP contribution in [0.4, 0.5) is 5.69 Å². The van der Waals surface area contributed by atoms with Crippen molar-refractivity contribution >= 4 is 21.3 Å². The molecule has 0 unspecified atom stereocenters. The highest BCUT2D eigenvalue weighted by molar-refractivity contribution is 7.91. The average Bonchev–Trinajstić information content (AvgIpc) is 2.36. The number of hydrogen-bond acceptors (Lipinski definition) is 4. The van der Waals surface area contributed by atoms with Gasteiger partial charge in [-0.2, -0.15) is 0 Å². The van der Waals surface area contributed by atoms with E-state index in [2.05, 4.69) is 0 Å². The lowest BCUT2D eigenvalue weighted by Crippen LogP contribution is -2.30. The molecule has 0 radical (unpaired) electrons. The number of ketones is 1. The number of sulfone groups is 1. The van der Waals surface area contributed by atoms with E-state index < -0.39 is 15.3 Å². The molecule has 1 rings (SSSR count). The lowest BCUT2D eigenvalue weighted by molar-refractivity contribution is -0.123. The normalized spacial score (nSPS) is 12.3. The molecular weight excluding hydrogens is 274 g/mol. The van der Waals surface area contributed by atoms with E-state index in [0.29, 0.717) is 12.1 Å². The minimum Gasteiger partial charge on any atom is -0.399 e. The van der Waals surface area contributed by atoms with Crippen molar-refractivity contribution in [1.82, 2.24) is 0 Å². The van der Waals surface area contributed by atoms with Crippen molar-refractivity contribution in [2.75, 3.05) is 17.2 Å². The lowest BCUT2D eigenvalue weighted by Gasteiger charge is -2.23. The van der Waals surface area contributed by atoms with Crippen molar-refractivity contribution in [3.8, 4) is 0 Å². The largest absolute Gasteiger partial charge is 0.399 e. The molecule has 0 fully saturated rings. The second-order valence-corrected chi connectivity index (χ2v) is 7.88. The van der Waals surface area contributed by atoms with Gasteiger partial charge in [0.15, 0.2) is 9.84 Å². The maximum atomic E-state index is 12.3. The molecule has 0 saturated heterocycles. The van der Waals surface area contributed by atoms with Crippen LogP contribution in [0.15, 0.2) is 24.3 Å². The van der Waals surface area contributed by atoms with E-state index in [9.17, 15) is 13.2 Å². The third-order valence-electron chi connectivity index (χ3n) is 3.48. The van der Waals surface area contributed by atoms with Crippen molar-refractivity contribution < 1.29 is 13.2 Å². The highest BCUT2D eigenvalue weighted by Crippen LogP contribution is 2.26. The summed E-state index contributed by atoms with van der Waals surface area (Å²) in [6.07, 6.45) is 0.636. The summed E-state index contributed by atoms with van der Waals surface area (Å²) in [5, 5.41) is 0. The Morgan fingerprint density at radius 3 is 2.20 bits per heavy atom. The number of carbonyl (C=O) groups is 1. The molecule has 0 aliphatic heterocycles. The smallest absolute Gasteiger partial charge is 0.150 e. The van der Waals surface area contributed by atoms with Crippen LogP contribution in [-0.2, 0) is 20.0 Å². The van der Waals surface area contributed by atoms with Gasteiger partial charge in [-0.3, -0.25) is 4.79 Å².